The molecular weight excluding hydrogens is 495 g/mol. The first-order valence-electron chi connectivity index (χ1n) is 11.0. The summed E-state index contributed by atoms with van der Waals surface area (Å²) in [6.45, 7) is 8.62. The van der Waals surface area contributed by atoms with E-state index in [0.29, 0.717) is 19.2 Å². The number of hydrogen-bond donors (Lipinski definition) is 3. The average Bonchev–Trinajstić information content (AvgIpc) is 2.75. The molecule has 1 aromatic rings. The standard InChI is InChI=1S/C22H36N4O3.HI/c1-2-23-22(25-19-7-9-20(27)10-8-19)24-17-18-5-3-4-6-21(18)29-16-13-26-11-14-28-15-12-26;/h3-6,19-20,27H,2,7-17H2,1H3,(H2,23,24,25);1H. The summed E-state index contributed by atoms with van der Waals surface area (Å²) in [5.41, 5.74) is 1.09. The van der Waals surface area contributed by atoms with Crippen molar-refractivity contribution in [2.24, 2.45) is 4.99 Å². The number of aliphatic hydroxyl groups is 1. The molecule has 1 aliphatic carbocycles. The maximum atomic E-state index is 9.70. The van der Waals surface area contributed by atoms with Gasteiger partial charge in [0.1, 0.15) is 12.4 Å². The molecule has 0 spiro atoms. The van der Waals surface area contributed by atoms with Crippen LogP contribution in [0.1, 0.15) is 38.2 Å². The largest absolute Gasteiger partial charge is 0.492 e. The van der Waals surface area contributed by atoms with Gasteiger partial charge >= 0.3 is 0 Å². The zero-order valence-electron chi connectivity index (χ0n) is 18.0. The van der Waals surface area contributed by atoms with E-state index in [1.54, 1.807) is 0 Å². The van der Waals surface area contributed by atoms with Gasteiger partial charge in [0.25, 0.3) is 0 Å². The van der Waals surface area contributed by atoms with E-state index in [4.69, 9.17) is 14.5 Å². The Morgan fingerprint density at radius 3 is 2.67 bits per heavy atom. The molecule has 3 rings (SSSR count). The van der Waals surface area contributed by atoms with E-state index in [9.17, 15) is 5.11 Å². The summed E-state index contributed by atoms with van der Waals surface area (Å²) in [4.78, 5) is 7.15. The fourth-order valence-electron chi connectivity index (χ4n) is 3.78. The van der Waals surface area contributed by atoms with Gasteiger partial charge in [0.2, 0.25) is 0 Å². The molecule has 1 heterocycles. The minimum atomic E-state index is -0.144. The number of rotatable bonds is 8. The molecule has 0 unspecified atom stereocenters. The molecule has 0 aromatic heterocycles. The maximum absolute atomic E-state index is 9.70. The number of guanidine groups is 1. The monoisotopic (exact) mass is 532 g/mol. The van der Waals surface area contributed by atoms with Gasteiger partial charge in [-0.25, -0.2) is 4.99 Å². The molecular formula is C22H37IN4O3. The van der Waals surface area contributed by atoms with Crippen LogP contribution in [0.15, 0.2) is 29.3 Å². The molecule has 3 N–H and O–H groups in total. The molecule has 1 saturated carbocycles. The summed E-state index contributed by atoms with van der Waals surface area (Å²) < 4.78 is 11.5. The summed E-state index contributed by atoms with van der Waals surface area (Å²) >= 11 is 0. The molecule has 0 amide bonds. The maximum Gasteiger partial charge on any atom is 0.191 e. The molecule has 1 saturated heterocycles. The lowest BCUT2D eigenvalue weighted by Gasteiger charge is -2.27. The van der Waals surface area contributed by atoms with Crippen molar-refractivity contribution in [1.29, 1.82) is 0 Å². The number of nitrogens with zero attached hydrogens (tertiary/aromatic N) is 2. The van der Waals surface area contributed by atoms with Crippen LogP contribution in [0, 0.1) is 0 Å². The summed E-state index contributed by atoms with van der Waals surface area (Å²) in [7, 11) is 0. The van der Waals surface area contributed by atoms with Gasteiger partial charge in [0, 0.05) is 37.8 Å². The number of para-hydroxylation sites is 1. The van der Waals surface area contributed by atoms with Crippen molar-refractivity contribution in [2.45, 2.75) is 51.3 Å². The van der Waals surface area contributed by atoms with Crippen molar-refractivity contribution < 1.29 is 14.6 Å². The van der Waals surface area contributed by atoms with Crippen molar-refractivity contribution >= 4 is 29.9 Å². The van der Waals surface area contributed by atoms with Gasteiger partial charge in [0.05, 0.1) is 25.9 Å². The highest BCUT2D eigenvalue weighted by Gasteiger charge is 2.20. The van der Waals surface area contributed by atoms with Crippen molar-refractivity contribution in [3.8, 4) is 5.75 Å². The Kier molecular flexibility index (Phi) is 11.8. The first-order valence-corrected chi connectivity index (χ1v) is 11.0. The molecule has 1 aromatic carbocycles. The molecule has 2 aliphatic rings. The fraction of sp³-hybridized carbons (Fsp3) is 0.682. The summed E-state index contributed by atoms with van der Waals surface area (Å²) in [5.74, 6) is 1.73. The highest BCUT2D eigenvalue weighted by molar-refractivity contribution is 14.0. The van der Waals surface area contributed by atoms with E-state index in [1.807, 2.05) is 18.2 Å². The molecule has 0 bridgehead atoms. The average molecular weight is 532 g/mol. The second kappa shape index (κ2) is 14.1. The first-order chi connectivity index (χ1) is 14.2. The van der Waals surface area contributed by atoms with Crippen LogP contribution in [0.5, 0.6) is 5.75 Å². The SMILES string of the molecule is CCNC(=NCc1ccccc1OCCN1CCOCC1)NC1CCC(O)CC1.I. The molecule has 1 aliphatic heterocycles. The quantitative estimate of drug-likeness (QED) is 0.271. The molecule has 170 valence electrons. The van der Waals surface area contributed by atoms with E-state index in [1.165, 1.54) is 0 Å². The van der Waals surface area contributed by atoms with E-state index in [-0.39, 0.29) is 30.1 Å². The number of morpholine rings is 1. The molecule has 7 nitrogen and oxygen atoms in total. The number of aliphatic hydroxyl groups excluding tert-OH is 1. The summed E-state index contributed by atoms with van der Waals surface area (Å²) in [6.07, 6.45) is 3.53. The first kappa shape index (κ1) is 25.2. The van der Waals surface area contributed by atoms with Gasteiger partial charge in [-0.3, -0.25) is 4.90 Å². The van der Waals surface area contributed by atoms with Crippen molar-refractivity contribution in [1.82, 2.24) is 15.5 Å². The van der Waals surface area contributed by atoms with Gasteiger partial charge in [-0.1, -0.05) is 18.2 Å². The van der Waals surface area contributed by atoms with E-state index < -0.39 is 0 Å². The lowest BCUT2D eigenvalue weighted by Crippen LogP contribution is -2.45. The number of benzene rings is 1. The Bertz CT molecular complexity index is 633. The Labute approximate surface area is 197 Å². The molecule has 0 radical (unpaired) electrons. The normalized spacial score (nSPS) is 22.8. The van der Waals surface area contributed by atoms with Crippen LogP contribution in [-0.2, 0) is 11.3 Å². The Morgan fingerprint density at radius 2 is 1.93 bits per heavy atom. The second-order valence-corrected chi connectivity index (χ2v) is 7.76. The third-order valence-electron chi connectivity index (χ3n) is 5.53. The van der Waals surface area contributed by atoms with Crippen molar-refractivity contribution in [3.63, 3.8) is 0 Å². The van der Waals surface area contributed by atoms with E-state index in [2.05, 4.69) is 28.5 Å². The van der Waals surface area contributed by atoms with Crippen LogP contribution >= 0.6 is 24.0 Å². The minimum Gasteiger partial charge on any atom is -0.492 e. The van der Waals surface area contributed by atoms with E-state index in [0.717, 1.165) is 82.3 Å². The third-order valence-corrected chi connectivity index (χ3v) is 5.53. The Hall–Kier alpha value is -1.10. The number of hydrogen-bond acceptors (Lipinski definition) is 5. The van der Waals surface area contributed by atoms with Gasteiger partial charge in [-0.05, 0) is 38.7 Å². The van der Waals surface area contributed by atoms with Gasteiger partial charge < -0.3 is 25.2 Å². The lowest BCUT2D eigenvalue weighted by atomic mass is 9.93. The van der Waals surface area contributed by atoms with Crippen molar-refractivity contribution in [3.05, 3.63) is 29.8 Å². The van der Waals surface area contributed by atoms with Gasteiger partial charge in [-0.15, -0.1) is 24.0 Å². The van der Waals surface area contributed by atoms with Gasteiger partial charge in [0.15, 0.2) is 5.96 Å². The third kappa shape index (κ3) is 8.56. The molecule has 2 fully saturated rings. The summed E-state index contributed by atoms with van der Waals surface area (Å²) in [5, 5.41) is 16.6. The topological polar surface area (TPSA) is 78.4 Å². The van der Waals surface area contributed by atoms with Gasteiger partial charge in [-0.2, -0.15) is 0 Å². The zero-order valence-corrected chi connectivity index (χ0v) is 20.3. The Balaban J connectivity index is 0.00000320. The number of ether oxygens (including phenoxy) is 2. The summed E-state index contributed by atoms with van der Waals surface area (Å²) in [6, 6.07) is 8.51. The van der Waals surface area contributed by atoms with Crippen LogP contribution in [0.25, 0.3) is 0 Å². The Morgan fingerprint density at radius 1 is 1.20 bits per heavy atom. The number of halogens is 1. The number of nitrogens with one attached hydrogen (secondary N) is 2. The molecule has 0 atom stereocenters. The highest BCUT2D eigenvalue weighted by atomic mass is 127. The predicted octanol–water partition coefficient (Wildman–Crippen LogP) is 2.37. The number of aliphatic imine (C=N–C) groups is 1. The van der Waals surface area contributed by atoms with Crippen LogP contribution in [0.2, 0.25) is 0 Å². The predicted molar refractivity (Wildman–Crippen MR) is 131 cm³/mol. The van der Waals surface area contributed by atoms with Crippen LogP contribution in [-0.4, -0.2) is 74.1 Å². The second-order valence-electron chi connectivity index (χ2n) is 7.76. The molecule has 30 heavy (non-hydrogen) atoms. The van der Waals surface area contributed by atoms with E-state index >= 15 is 0 Å². The fourth-order valence-corrected chi connectivity index (χ4v) is 3.78. The van der Waals surface area contributed by atoms with Crippen molar-refractivity contribution in [2.75, 3.05) is 46.0 Å². The minimum absolute atomic E-state index is 0. The van der Waals surface area contributed by atoms with Crippen LogP contribution in [0.3, 0.4) is 0 Å². The highest BCUT2D eigenvalue weighted by Crippen LogP contribution is 2.20. The smallest absolute Gasteiger partial charge is 0.191 e. The lowest BCUT2D eigenvalue weighted by molar-refractivity contribution is 0.0322. The van der Waals surface area contributed by atoms with Crippen LogP contribution in [0.4, 0.5) is 0 Å². The molecule has 8 heteroatoms. The van der Waals surface area contributed by atoms with Crippen LogP contribution < -0.4 is 15.4 Å². The zero-order chi connectivity index (χ0) is 20.3.